The third-order valence-corrected chi connectivity index (χ3v) is 27.3. The molecule has 1 spiro atoms. The van der Waals surface area contributed by atoms with Crippen LogP contribution in [0.25, 0.3) is 22.3 Å². The topological polar surface area (TPSA) is 0 Å². The summed E-state index contributed by atoms with van der Waals surface area (Å²) in [4.78, 5) is 0. The van der Waals surface area contributed by atoms with Gasteiger partial charge in [-0.3, -0.25) is 0 Å². The normalized spacial score (nSPS) is 16.8. The van der Waals surface area contributed by atoms with Crippen molar-refractivity contribution in [1.29, 1.82) is 0 Å². The Morgan fingerprint density at radius 3 is 1.10 bits per heavy atom. The van der Waals surface area contributed by atoms with Crippen LogP contribution >= 0.6 is 11.3 Å². The minimum absolute atomic E-state index is 0. The fourth-order valence-corrected chi connectivity index (χ4v) is 29.6. The molecule has 3 heteroatoms. The third-order valence-electron chi connectivity index (χ3n) is 6.79. The van der Waals surface area contributed by atoms with E-state index in [1.807, 2.05) is 11.3 Å². The van der Waals surface area contributed by atoms with Crippen LogP contribution in [0, 0.1) is 0 Å². The van der Waals surface area contributed by atoms with Crippen LogP contribution in [0.3, 0.4) is 0 Å². The van der Waals surface area contributed by atoms with E-state index in [1.165, 1.54) is 22.3 Å². The maximum absolute atomic E-state index is 4.08. The molecule has 0 fully saturated rings. The van der Waals surface area contributed by atoms with E-state index in [4.69, 9.17) is 0 Å². The van der Waals surface area contributed by atoms with Crippen LogP contribution in [-0.2, 0) is 17.1 Å². The fourth-order valence-electron chi connectivity index (χ4n) is 5.82. The van der Waals surface area contributed by atoms with Gasteiger partial charge in [0.15, 0.2) is 0 Å². The molecule has 151 valence electrons. The van der Waals surface area contributed by atoms with Gasteiger partial charge in [0.2, 0.25) is 0 Å². The van der Waals surface area contributed by atoms with Crippen molar-refractivity contribution in [3.63, 3.8) is 0 Å². The summed E-state index contributed by atoms with van der Waals surface area (Å²) in [5, 5.41) is 2.27. The van der Waals surface area contributed by atoms with Crippen LogP contribution < -0.4 is 17.4 Å². The Morgan fingerprint density at radius 2 is 0.774 bits per heavy atom. The van der Waals surface area contributed by atoms with Crippen LogP contribution in [0.5, 0.6) is 0 Å². The van der Waals surface area contributed by atoms with Gasteiger partial charge in [-0.15, -0.1) is 0 Å². The van der Waals surface area contributed by atoms with E-state index < -0.39 is 16.8 Å². The third kappa shape index (κ3) is 1.99. The van der Waals surface area contributed by atoms with Crippen molar-refractivity contribution in [2.24, 2.45) is 0 Å². The second-order valence-electron chi connectivity index (χ2n) is 7.94. The predicted molar refractivity (Wildman–Crippen MR) is 132 cm³/mol. The van der Waals surface area contributed by atoms with Gasteiger partial charge < -0.3 is 0 Å². The maximum atomic E-state index is 2.44. The molecule has 2 aliphatic rings. The molecule has 2 aliphatic heterocycles. The molecule has 5 aromatic rings. The Balaban J connectivity index is 0.00000185. The van der Waals surface area contributed by atoms with Gasteiger partial charge >= 0.3 is 182 Å². The fraction of sp³-hybridized carbons (Fsp3) is 0. The molecule has 1 radical (unpaired) electrons. The van der Waals surface area contributed by atoms with E-state index in [0.29, 0.717) is 0 Å². The predicted octanol–water partition coefficient (Wildman–Crippen LogP) is 3.95. The summed E-state index contributed by atoms with van der Waals surface area (Å²) >= 11 is -2.14. The van der Waals surface area contributed by atoms with Crippen LogP contribution in [0.15, 0.2) is 115 Å². The van der Waals surface area contributed by atoms with Crippen molar-refractivity contribution in [3.05, 3.63) is 115 Å². The average molecular weight is 571 g/mol. The molecule has 0 saturated heterocycles. The standard InChI is InChI=1S/C28H19STe.Fe/c1-5-14-24-20(10-1)21-11-2-6-15-25(21)30(24,28-18-9-19-29-28)26-16-7-3-12-22(26)23-13-4-8-17-27(23)30;/h1-19H;. The number of hydrogen-bond acceptors (Lipinski definition) is 1. The minimum atomic E-state index is -4.08. The Kier molecular flexibility index (Phi) is 4.22. The summed E-state index contributed by atoms with van der Waals surface area (Å²) in [5.74, 6) is 0. The van der Waals surface area contributed by atoms with Gasteiger partial charge in [-0.1, -0.05) is 0 Å². The number of rotatable bonds is 1. The summed E-state index contributed by atoms with van der Waals surface area (Å²) in [6.07, 6.45) is 0. The molecule has 3 heterocycles. The molecule has 0 bridgehead atoms. The van der Waals surface area contributed by atoms with E-state index in [-0.39, 0.29) is 17.1 Å². The van der Waals surface area contributed by atoms with Gasteiger partial charge in [-0.25, -0.2) is 0 Å². The van der Waals surface area contributed by atoms with Gasteiger partial charge in [0.25, 0.3) is 0 Å². The average Bonchev–Trinajstić information content (AvgIpc) is 3.51. The number of fused-ring (bicyclic) bond motifs is 10. The Hall–Kier alpha value is -2.11. The first kappa shape index (κ1) is 19.6. The van der Waals surface area contributed by atoms with Crippen LogP contribution in [0.4, 0.5) is 0 Å². The molecule has 4 aromatic carbocycles. The summed E-state index contributed by atoms with van der Waals surface area (Å²) < 4.78 is 7.83. The number of benzene rings is 4. The molecular formula is C28H19FeSTe. The summed E-state index contributed by atoms with van der Waals surface area (Å²) in [6, 6.07) is 41.6. The van der Waals surface area contributed by atoms with Gasteiger partial charge in [-0.2, -0.15) is 0 Å². The van der Waals surface area contributed by atoms with E-state index in [0.717, 1.165) is 0 Å². The molecule has 7 rings (SSSR count). The van der Waals surface area contributed by atoms with E-state index in [2.05, 4.69) is 115 Å². The van der Waals surface area contributed by atoms with E-state index >= 15 is 0 Å². The van der Waals surface area contributed by atoms with Crippen molar-refractivity contribution in [3.8, 4) is 22.3 Å². The van der Waals surface area contributed by atoms with E-state index in [9.17, 15) is 0 Å². The summed E-state index contributed by atoms with van der Waals surface area (Å²) in [7, 11) is 0. The van der Waals surface area contributed by atoms with Crippen LogP contribution in [0.1, 0.15) is 0 Å². The first-order chi connectivity index (χ1) is 14.9. The van der Waals surface area contributed by atoms with Gasteiger partial charge in [0.1, 0.15) is 0 Å². The van der Waals surface area contributed by atoms with Crippen molar-refractivity contribution in [2.45, 2.75) is 0 Å². The molecular weight excluding hydrogens is 552 g/mol. The second kappa shape index (κ2) is 6.69. The zero-order valence-electron chi connectivity index (χ0n) is 16.6. The van der Waals surface area contributed by atoms with Gasteiger partial charge in [-0.05, 0) is 0 Å². The van der Waals surface area contributed by atoms with Gasteiger partial charge in [0.05, 0.1) is 0 Å². The first-order valence-electron chi connectivity index (χ1n) is 10.2. The zero-order chi connectivity index (χ0) is 19.8. The van der Waals surface area contributed by atoms with Crippen molar-refractivity contribution < 1.29 is 17.1 Å². The molecule has 1 aromatic heterocycles. The van der Waals surface area contributed by atoms with Crippen molar-refractivity contribution >= 4 is 45.5 Å². The Morgan fingerprint density at radius 1 is 0.419 bits per heavy atom. The SMILES string of the molecule is [Fe].c1csc([Te]23(c4ccccc4-c4ccccc42)c2ccccc2-c2ccccc23)c1. The Labute approximate surface area is 198 Å². The first-order valence-corrected chi connectivity index (χ1v) is 16.9. The van der Waals surface area contributed by atoms with Crippen molar-refractivity contribution in [1.82, 2.24) is 0 Å². The van der Waals surface area contributed by atoms with Crippen LogP contribution in [-0.4, -0.2) is 16.8 Å². The number of thiophene rings is 1. The van der Waals surface area contributed by atoms with Crippen LogP contribution in [0.2, 0.25) is 0 Å². The second-order valence-corrected chi connectivity index (χ2v) is 21.8. The van der Waals surface area contributed by atoms with Gasteiger partial charge in [0, 0.05) is 17.1 Å². The Bertz CT molecular complexity index is 1270. The zero-order valence-corrected chi connectivity index (χ0v) is 20.9. The molecule has 31 heavy (non-hydrogen) atoms. The summed E-state index contributed by atoms with van der Waals surface area (Å²) in [5.41, 5.74) is 5.69. The molecule has 0 unspecified atom stereocenters. The quantitative estimate of drug-likeness (QED) is 0.262. The van der Waals surface area contributed by atoms with E-state index in [1.54, 1.807) is 17.4 Å². The monoisotopic (exact) mass is 573 g/mol. The molecule has 0 nitrogen and oxygen atoms in total. The molecule has 0 aliphatic carbocycles. The van der Waals surface area contributed by atoms with Crippen molar-refractivity contribution in [2.75, 3.05) is 0 Å². The molecule has 0 N–H and O–H groups in total. The summed E-state index contributed by atoms with van der Waals surface area (Å²) in [6.45, 7) is 0. The molecule has 0 saturated carbocycles. The number of hydrogen-bond donors (Lipinski definition) is 0. The molecule has 0 atom stereocenters. The molecule has 0 amide bonds.